The van der Waals surface area contributed by atoms with Crippen molar-refractivity contribution >= 4 is 0 Å². The topological polar surface area (TPSA) is 3.24 Å². The van der Waals surface area contributed by atoms with Crippen molar-refractivity contribution < 1.29 is 13.2 Å². The standard InChI is InChI=1S/C10H16F3N/c1-8(2)9-4-3-5-14(6-9)7-10(11,12)13/h4,8H,3,5-7H2,1-2H3. The second-order valence-corrected chi connectivity index (χ2v) is 4.05. The zero-order valence-corrected chi connectivity index (χ0v) is 8.56. The van der Waals surface area contributed by atoms with Gasteiger partial charge >= 0.3 is 6.18 Å². The van der Waals surface area contributed by atoms with Gasteiger partial charge in [-0.25, -0.2) is 0 Å². The highest BCUT2D eigenvalue weighted by molar-refractivity contribution is 5.10. The Morgan fingerprint density at radius 1 is 1.43 bits per heavy atom. The van der Waals surface area contributed by atoms with Crippen molar-refractivity contribution in [2.45, 2.75) is 26.4 Å². The quantitative estimate of drug-likeness (QED) is 0.629. The highest BCUT2D eigenvalue weighted by atomic mass is 19.4. The second kappa shape index (κ2) is 4.34. The molecule has 1 heterocycles. The summed E-state index contributed by atoms with van der Waals surface area (Å²) < 4.78 is 36.3. The maximum absolute atomic E-state index is 12.1. The molecule has 0 spiro atoms. The predicted molar refractivity (Wildman–Crippen MR) is 50.0 cm³/mol. The molecule has 0 aliphatic carbocycles. The van der Waals surface area contributed by atoms with Gasteiger partial charge in [-0.2, -0.15) is 13.2 Å². The van der Waals surface area contributed by atoms with E-state index in [0.29, 0.717) is 19.0 Å². The number of hydrogen-bond acceptors (Lipinski definition) is 1. The van der Waals surface area contributed by atoms with E-state index in [1.807, 2.05) is 13.8 Å². The SMILES string of the molecule is CC(C)C1=CCCN(CC(F)(F)F)C1. The Bertz CT molecular complexity index is 218. The molecule has 1 aliphatic heterocycles. The molecule has 0 aromatic rings. The van der Waals surface area contributed by atoms with E-state index in [4.69, 9.17) is 0 Å². The maximum atomic E-state index is 12.1. The van der Waals surface area contributed by atoms with Gasteiger partial charge in [0, 0.05) is 13.1 Å². The van der Waals surface area contributed by atoms with E-state index in [9.17, 15) is 13.2 Å². The number of halogens is 3. The van der Waals surface area contributed by atoms with E-state index in [0.717, 1.165) is 12.0 Å². The summed E-state index contributed by atoms with van der Waals surface area (Å²) in [7, 11) is 0. The van der Waals surface area contributed by atoms with Crippen molar-refractivity contribution in [3.05, 3.63) is 11.6 Å². The van der Waals surface area contributed by atoms with E-state index < -0.39 is 12.7 Å². The third kappa shape index (κ3) is 3.70. The molecule has 0 amide bonds. The highest BCUT2D eigenvalue weighted by Crippen LogP contribution is 2.22. The molecule has 0 fully saturated rings. The summed E-state index contributed by atoms with van der Waals surface area (Å²) in [4.78, 5) is 1.47. The molecule has 0 atom stereocenters. The van der Waals surface area contributed by atoms with Gasteiger partial charge in [-0.1, -0.05) is 25.5 Å². The summed E-state index contributed by atoms with van der Waals surface area (Å²) in [5.41, 5.74) is 1.13. The molecule has 82 valence electrons. The molecular weight excluding hydrogens is 191 g/mol. The van der Waals surface area contributed by atoms with Gasteiger partial charge < -0.3 is 0 Å². The van der Waals surface area contributed by atoms with Crippen molar-refractivity contribution in [2.75, 3.05) is 19.6 Å². The number of alkyl halides is 3. The summed E-state index contributed by atoms with van der Waals surface area (Å²) in [6.45, 7) is 4.25. The largest absolute Gasteiger partial charge is 0.401 e. The van der Waals surface area contributed by atoms with Crippen molar-refractivity contribution in [1.82, 2.24) is 4.90 Å². The lowest BCUT2D eigenvalue weighted by molar-refractivity contribution is -0.145. The van der Waals surface area contributed by atoms with Crippen LogP contribution in [-0.4, -0.2) is 30.7 Å². The van der Waals surface area contributed by atoms with Crippen LogP contribution < -0.4 is 0 Å². The molecule has 0 saturated carbocycles. The van der Waals surface area contributed by atoms with Crippen LogP contribution in [0.5, 0.6) is 0 Å². The van der Waals surface area contributed by atoms with Crippen LogP contribution >= 0.6 is 0 Å². The molecule has 14 heavy (non-hydrogen) atoms. The van der Waals surface area contributed by atoms with E-state index in [2.05, 4.69) is 6.08 Å². The van der Waals surface area contributed by atoms with E-state index in [-0.39, 0.29) is 0 Å². The molecule has 0 saturated heterocycles. The van der Waals surface area contributed by atoms with E-state index >= 15 is 0 Å². The summed E-state index contributed by atoms with van der Waals surface area (Å²) in [6.07, 6.45) is -1.26. The lowest BCUT2D eigenvalue weighted by Crippen LogP contribution is -2.38. The molecule has 1 rings (SSSR count). The minimum Gasteiger partial charge on any atom is -0.291 e. The molecular formula is C10H16F3N. The van der Waals surface area contributed by atoms with Crippen LogP contribution in [0.2, 0.25) is 0 Å². The fourth-order valence-electron chi connectivity index (χ4n) is 1.64. The zero-order chi connectivity index (χ0) is 10.8. The van der Waals surface area contributed by atoms with Crippen molar-refractivity contribution in [3.8, 4) is 0 Å². The normalized spacial score (nSPS) is 20.0. The van der Waals surface area contributed by atoms with Crippen LogP contribution in [0.15, 0.2) is 11.6 Å². The minimum absolute atomic E-state index is 0.353. The van der Waals surface area contributed by atoms with Crippen LogP contribution in [0.25, 0.3) is 0 Å². The average molecular weight is 207 g/mol. The van der Waals surface area contributed by atoms with Crippen LogP contribution in [0.1, 0.15) is 20.3 Å². The van der Waals surface area contributed by atoms with Crippen LogP contribution in [0.3, 0.4) is 0 Å². The minimum atomic E-state index is -4.07. The van der Waals surface area contributed by atoms with Gasteiger partial charge in [0.05, 0.1) is 6.54 Å². The van der Waals surface area contributed by atoms with Gasteiger partial charge in [-0.05, 0) is 12.3 Å². The Kier molecular flexibility index (Phi) is 3.59. The molecule has 0 bridgehead atoms. The first-order valence-electron chi connectivity index (χ1n) is 4.86. The first-order chi connectivity index (χ1) is 6.38. The summed E-state index contributed by atoms with van der Waals surface area (Å²) in [5.74, 6) is 0.353. The predicted octanol–water partition coefficient (Wildman–Crippen LogP) is 2.84. The van der Waals surface area contributed by atoms with Gasteiger partial charge in [0.1, 0.15) is 0 Å². The summed E-state index contributed by atoms with van der Waals surface area (Å²) in [6, 6.07) is 0. The van der Waals surface area contributed by atoms with Gasteiger partial charge in [0.2, 0.25) is 0 Å². The third-order valence-electron chi connectivity index (χ3n) is 2.40. The molecule has 0 aromatic carbocycles. The van der Waals surface area contributed by atoms with E-state index in [1.54, 1.807) is 0 Å². The van der Waals surface area contributed by atoms with Gasteiger partial charge in [-0.3, -0.25) is 4.90 Å². The number of nitrogens with zero attached hydrogens (tertiary/aromatic N) is 1. The van der Waals surface area contributed by atoms with Gasteiger partial charge in [0.25, 0.3) is 0 Å². The first-order valence-corrected chi connectivity index (χ1v) is 4.86. The third-order valence-corrected chi connectivity index (χ3v) is 2.40. The smallest absolute Gasteiger partial charge is 0.291 e. The molecule has 0 aromatic heterocycles. The van der Waals surface area contributed by atoms with Crippen LogP contribution in [0.4, 0.5) is 13.2 Å². The molecule has 1 aliphatic rings. The Morgan fingerprint density at radius 2 is 2.07 bits per heavy atom. The summed E-state index contributed by atoms with van der Waals surface area (Å²) in [5, 5.41) is 0. The Balaban J connectivity index is 2.49. The molecule has 0 unspecified atom stereocenters. The van der Waals surface area contributed by atoms with Crippen molar-refractivity contribution in [3.63, 3.8) is 0 Å². The lowest BCUT2D eigenvalue weighted by atomic mass is 9.99. The number of hydrogen-bond donors (Lipinski definition) is 0. The molecule has 4 heteroatoms. The Hall–Kier alpha value is -0.510. The monoisotopic (exact) mass is 207 g/mol. The summed E-state index contributed by atoms with van der Waals surface area (Å²) >= 11 is 0. The number of rotatable bonds is 2. The van der Waals surface area contributed by atoms with Crippen molar-refractivity contribution in [2.24, 2.45) is 5.92 Å². The van der Waals surface area contributed by atoms with Gasteiger partial charge in [-0.15, -0.1) is 0 Å². The maximum Gasteiger partial charge on any atom is 0.401 e. The Labute approximate surface area is 82.6 Å². The van der Waals surface area contributed by atoms with Crippen LogP contribution in [0, 0.1) is 5.92 Å². The average Bonchev–Trinajstić information content (AvgIpc) is 2.01. The molecule has 0 N–H and O–H groups in total. The Morgan fingerprint density at radius 3 is 2.57 bits per heavy atom. The second-order valence-electron chi connectivity index (χ2n) is 4.05. The molecule has 0 radical (unpaired) electrons. The highest BCUT2D eigenvalue weighted by Gasteiger charge is 2.31. The fraction of sp³-hybridized carbons (Fsp3) is 0.800. The zero-order valence-electron chi connectivity index (χ0n) is 8.56. The van der Waals surface area contributed by atoms with Crippen LogP contribution in [-0.2, 0) is 0 Å². The fourth-order valence-corrected chi connectivity index (χ4v) is 1.64. The molecule has 1 nitrogen and oxygen atoms in total. The van der Waals surface area contributed by atoms with Gasteiger partial charge in [0.15, 0.2) is 0 Å². The van der Waals surface area contributed by atoms with E-state index in [1.165, 1.54) is 4.90 Å². The first kappa shape index (κ1) is 11.6. The van der Waals surface area contributed by atoms with Crippen molar-refractivity contribution in [1.29, 1.82) is 0 Å². The lowest BCUT2D eigenvalue weighted by Gasteiger charge is -2.29.